The highest BCUT2D eigenvalue weighted by molar-refractivity contribution is 7.17. The van der Waals surface area contributed by atoms with Crippen LogP contribution in [0.25, 0.3) is 10.8 Å². The van der Waals surface area contributed by atoms with Crippen LogP contribution in [-0.2, 0) is 12.8 Å². The second-order valence-electron chi connectivity index (χ2n) is 6.61. The van der Waals surface area contributed by atoms with Crippen LogP contribution < -0.4 is 0 Å². The highest BCUT2D eigenvalue weighted by Gasteiger charge is 2.18. The molecule has 0 aliphatic heterocycles. The van der Waals surface area contributed by atoms with E-state index in [1.165, 1.54) is 11.3 Å². The molecule has 28 heavy (non-hydrogen) atoms. The standard InChI is InChI=1S/C22H20N4OS/c1-15-20(18(27)13-12-16-8-4-2-5-9-16)28-22(23-15)21-24-19(25-26-21)14-17-10-6-3-7-11-17/h2-11H,12-14H2,1H3,(H,24,25,26). The molecule has 0 bridgehead atoms. The van der Waals surface area contributed by atoms with Crippen LogP contribution in [0.5, 0.6) is 0 Å². The zero-order chi connectivity index (χ0) is 19.3. The molecule has 0 aliphatic carbocycles. The molecular weight excluding hydrogens is 368 g/mol. The van der Waals surface area contributed by atoms with Gasteiger partial charge in [-0.25, -0.2) is 9.97 Å². The number of nitrogens with one attached hydrogen (secondary N) is 1. The Balaban J connectivity index is 1.46. The fraction of sp³-hybridized carbons (Fsp3) is 0.182. The molecule has 0 unspecified atom stereocenters. The van der Waals surface area contributed by atoms with Crippen molar-refractivity contribution in [1.82, 2.24) is 20.2 Å². The Kier molecular flexibility index (Phi) is 5.39. The molecule has 0 spiro atoms. The molecule has 4 aromatic rings. The molecule has 0 saturated heterocycles. The van der Waals surface area contributed by atoms with Crippen LogP contribution in [0, 0.1) is 6.92 Å². The molecule has 140 valence electrons. The summed E-state index contributed by atoms with van der Waals surface area (Å²) in [6, 6.07) is 20.2. The Bertz CT molecular complexity index is 1070. The molecule has 0 saturated carbocycles. The Morgan fingerprint density at radius 1 is 0.964 bits per heavy atom. The first-order valence-electron chi connectivity index (χ1n) is 9.19. The van der Waals surface area contributed by atoms with Gasteiger partial charge in [0, 0.05) is 12.8 Å². The van der Waals surface area contributed by atoms with Crippen molar-refractivity contribution in [2.75, 3.05) is 0 Å². The lowest BCUT2D eigenvalue weighted by Gasteiger charge is -2.00. The molecule has 2 aromatic heterocycles. The van der Waals surface area contributed by atoms with Gasteiger partial charge in [-0.15, -0.1) is 11.3 Å². The van der Waals surface area contributed by atoms with Gasteiger partial charge in [0.25, 0.3) is 0 Å². The molecule has 6 heteroatoms. The van der Waals surface area contributed by atoms with Crippen molar-refractivity contribution in [2.45, 2.75) is 26.2 Å². The van der Waals surface area contributed by atoms with E-state index in [9.17, 15) is 4.79 Å². The maximum Gasteiger partial charge on any atom is 0.210 e. The van der Waals surface area contributed by atoms with Gasteiger partial charge in [-0.1, -0.05) is 60.7 Å². The molecule has 2 heterocycles. The smallest absolute Gasteiger partial charge is 0.210 e. The van der Waals surface area contributed by atoms with Crippen molar-refractivity contribution in [1.29, 1.82) is 0 Å². The number of nitrogens with zero attached hydrogens (tertiary/aromatic N) is 3. The summed E-state index contributed by atoms with van der Waals surface area (Å²) in [4.78, 5) is 22.4. The second kappa shape index (κ2) is 8.27. The van der Waals surface area contributed by atoms with Gasteiger partial charge in [0.2, 0.25) is 5.82 Å². The first-order chi connectivity index (χ1) is 13.7. The van der Waals surface area contributed by atoms with Gasteiger partial charge >= 0.3 is 0 Å². The number of aromatic nitrogens is 4. The monoisotopic (exact) mass is 388 g/mol. The summed E-state index contributed by atoms with van der Waals surface area (Å²) >= 11 is 1.37. The fourth-order valence-corrected chi connectivity index (χ4v) is 3.99. The number of carbonyl (C=O) groups is 1. The zero-order valence-electron chi connectivity index (χ0n) is 15.6. The minimum Gasteiger partial charge on any atom is -0.293 e. The summed E-state index contributed by atoms with van der Waals surface area (Å²) < 4.78 is 0. The van der Waals surface area contributed by atoms with E-state index in [2.05, 4.69) is 32.3 Å². The molecule has 0 aliphatic rings. The van der Waals surface area contributed by atoms with E-state index in [0.29, 0.717) is 28.6 Å². The van der Waals surface area contributed by atoms with Crippen molar-refractivity contribution in [2.24, 2.45) is 0 Å². The van der Waals surface area contributed by atoms with Crippen LogP contribution in [0.15, 0.2) is 60.7 Å². The predicted molar refractivity (Wildman–Crippen MR) is 111 cm³/mol. The number of ketones is 1. The number of rotatable bonds is 7. The normalized spacial score (nSPS) is 10.9. The zero-order valence-corrected chi connectivity index (χ0v) is 16.4. The average Bonchev–Trinajstić information content (AvgIpc) is 3.34. The molecule has 5 nitrogen and oxygen atoms in total. The Morgan fingerprint density at radius 3 is 2.36 bits per heavy atom. The third kappa shape index (κ3) is 4.23. The average molecular weight is 388 g/mol. The van der Waals surface area contributed by atoms with Crippen molar-refractivity contribution in [3.05, 3.63) is 88.2 Å². The van der Waals surface area contributed by atoms with Crippen molar-refractivity contribution in [3.8, 4) is 10.8 Å². The van der Waals surface area contributed by atoms with E-state index in [4.69, 9.17) is 0 Å². The number of H-pyrrole nitrogens is 1. The van der Waals surface area contributed by atoms with Crippen molar-refractivity contribution >= 4 is 17.1 Å². The van der Waals surface area contributed by atoms with Crippen LogP contribution in [0.3, 0.4) is 0 Å². The number of Topliss-reactive ketones (excluding diaryl/α,β-unsaturated/α-hetero) is 1. The maximum atomic E-state index is 12.7. The molecule has 0 radical (unpaired) electrons. The summed E-state index contributed by atoms with van der Waals surface area (Å²) in [5.74, 6) is 1.44. The summed E-state index contributed by atoms with van der Waals surface area (Å²) in [7, 11) is 0. The number of aryl methyl sites for hydroxylation is 2. The van der Waals surface area contributed by atoms with Gasteiger partial charge in [-0.05, 0) is 24.5 Å². The van der Waals surface area contributed by atoms with Gasteiger partial charge in [0.15, 0.2) is 10.8 Å². The summed E-state index contributed by atoms with van der Waals surface area (Å²) in [5.41, 5.74) is 3.07. The third-order valence-corrected chi connectivity index (χ3v) is 5.67. The molecule has 4 rings (SSSR count). The number of hydrogen-bond acceptors (Lipinski definition) is 5. The van der Waals surface area contributed by atoms with Crippen LogP contribution in [0.2, 0.25) is 0 Å². The van der Waals surface area contributed by atoms with Gasteiger partial charge in [0.1, 0.15) is 5.82 Å². The summed E-state index contributed by atoms with van der Waals surface area (Å²) in [6.45, 7) is 1.87. The van der Waals surface area contributed by atoms with Crippen LogP contribution >= 0.6 is 11.3 Å². The van der Waals surface area contributed by atoms with E-state index >= 15 is 0 Å². The summed E-state index contributed by atoms with van der Waals surface area (Å²) in [5, 5.41) is 7.95. The maximum absolute atomic E-state index is 12.7. The van der Waals surface area contributed by atoms with E-state index in [0.717, 1.165) is 29.1 Å². The quantitative estimate of drug-likeness (QED) is 0.468. The molecular formula is C22H20N4OS. The lowest BCUT2D eigenvalue weighted by atomic mass is 10.1. The topological polar surface area (TPSA) is 71.5 Å². The van der Waals surface area contributed by atoms with E-state index in [1.54, 1.807) is 0 Å². The number of benzene rings is 2. The predicted octanol–water partition coefficient (Wildman–Crippen LogP) is 4.64. The molecule has 0 fully saturated rings. The molecule has 1 N–H and O–H groups in total. The third-order valence-electron chi connectivity index (χ3n) is 4.47. The van der Waals surface area contributed by atoms with Gasteiger partial charge in [-0.3, -0.25) is 9.89 Å². The Morgan fingerprint density at radius 2 is 1.64 bits per heavy atom. The van der Waals surface area contributed by atoms with Crippen molar-refractivity contribution in [3.63, 3.8) is 0 Å². The van der Waals surface area contributed by atoms with E-state index in [1.807, 2.05) is 55.5 Å². The molecule has 0 atom stereocenters. The van der Waals surface area contributed by atoms with Crippen molar-refractivity contribution < 1.29 is 4.79 Å². The van der Waals surface area contributed by atoms with E-state index in [-0.39, 0.29) is 5.78 Å². The van der Waals surface area contributed by atoms with Crippen LogP contribution in [0.4, 0.5) is 0 Å². The Hall–Kier alpha value is -3.12. The van der Waals surface area contributed by atoms with Gasteiger partial charge in [0.05, 0.1) is 10.6 Å². The number of thiazole rings is 1. The van der Waals surface area contributed by atoms with Crippen LogP contribution in [-0.4, -0.2) is 25.9 Å². The molecule has 0 amide bonds. The van der Waals surface area contributed by atoms with E-state index < -0.39 is 0 Å². The minimum absolute atomic E-state index is 0.116. The number of carbonyl (C=O) groups excluding carboxylic acids is 1. The Labute approximate surface area is 167 Å². The van der Waals surface area contributed by atoms with Gasteiger partial charge in [-0.2, -0.15) is 5.10 Å². The lowest BCUT2D eigenvalue weighted by molar-refractivity contribution is 0.0986. The molecule has 2 aromatic carbocycles. The highest BCUT2D eigenvalue weighted by Crippen LogP contribution is 2.27. The largest absolute Gasteiger partial charge is 0.293 e. The second-order valence-corrected chi connectivity index (χ2v) is 7.61. The van der Waals surface area contributed by atoms with Gasteiger partial charge < -0.3 is 0 Å². The number of hydrogen-bond donors (Lipinski definition) is 1. The van der Waals surface area contributed by atoms with Crippen LogP contribution in [0.1, 0.15) is 38.7 Å². The lowest BCUT2D eigenvalue weighted by Crippen LogP contribution is -2.00. The minimum atomic E-state index is 0.116. The summed E-state index contributed by atoms with van der Waals surface area (Å²) in [6.07, 6.45) is 1.88. The fourth-order valence-electron chi connectivity index (χ4n) is 3.03. The number of aromatic amines is 1. The first-order valence-corrected chi connectivity index (χ1v) is 10.0. The highest BCUT2D eigenvalue weighted by atomic mass is 32.1. The SMILES string of the molecule is Cc1nc(-c2n[nH]c(Cc3ccccc3)n2)sc1C(=O)CCc1ccccc1. The first kappa shape index (κ1) is 18.3.